The fourth-order valence-corrected chi connectivity index (χ4v) is 4.14. The van der Waals surface area contributed by atoms with Crippen molar-refractivity contribution in [3.05, 3.63) is 35.6 Å². The van der Waals surface area contributed by atoms with Gasteiger partial charge in [0.15, 0.2) is 0 Å². The van der Waals surface area contributed by atoms with Crippen LogP contribution in [0.1, 0.15) is 13.3 Å². The second-order valence-electron chi connectivity index (χ2n) is 4.59. The van der Waals surface area contributed by atoms with Crippen molar-refractivity contribution in [1.29, 1.82) is 0 Å². The molecule has 0 saturated heterocycles. The largest absolute Gasteiger partial charge is 0.330 e. The zero-order valence-electron chi connectivity index (χ0n) is 11.8. The topological polar surface area (TPSA) is 76.3 Å². The van der Waals surface area contributed by atoms with Crippen LogP contribution in [0.2, 0.25) is 5.15 Å². The van der Waals surface area contributed by atoms with Crippen molar-refractivity contribution >= 4 is 32.4 Å². The Hall–Kier alpha value is -1.21. The molecule has 21 heavy (non-hydrogen) atoms. The summed E-state index contributed by atoms with van der Waals surface area (Å²) in [5, 5.41) is 1.52. The zero-order chi connectivity index (χ0) is 15.5. The van der Waals surface area contributed by atoms with Crippen molar-refractivity contribution in [3.8, 4) is 0 Å². The number of sulfonamides is 1. The number of rotatable bonds is 6. The Morgan fingerprint density at radius 2 is 2.05 bits per heavy atom. The van der Waals surface area contributed by atoms with Gasteiger partial charge in [-0.05, 0) is 25.1 Å². The monoisotopic (exact) mass is 327 g/mol. The van der Waals surface area contributed by atoms with Crippen LogP contribution in [0, 0.1) is 0 Å². The zero-order valence-corrected chi connectivity index (χ0v) is 13.4. The Bertz CT molecular complexity index is 734. The summed E-state index contributed by atoms with van der Waals surface area (Å²) in [5.41, 5.74) is 5.48. The molecule has 0 unspecified atom stereocenters. The van der Waals surface area contributed by atoms with Gasteiger partial charge in [0.05, 0.1) is 4.90 Å². The molecule has 0 atom stereocenters. The lowest BCUT2D eigenvalue weighted by atomic mass is 10.2. The SMILES string of the molecule is CCN(CCCN)S(=O)(=O)c1cccc2c(Cl)nccc12. The Morgan fingerprint density at radius 3 is 2.71 bits per heavy atom. The van der Waals surface area contributed by atoms with E-state index in [0.29, 0.717) is 42.0 Å². The first-order valence-corrected chi connectivity index (χ1v) is 8.57. The highest BCUT2D eigenvalue weighted by Gasteiger charge is 2.24. The van der Waals surface area contributed by atoms with Gasteiger partial charge in [-0.15, -0.1) is 0 Å². The lowest BCUT2D eigenvalue weighted by Crippen LogP contribution is -2.33. The van der Waals surface area contributed by atoms with Crippen LogP contribution in [0.15, 0.2) is 35.4 Å². The van der Waals surface area contributed by atoms with Gasteiger partial charge in [-0.25, -0.2) is 13.4 Å². The van der Waals surface area contributed by atoms with E-state index in [1.54, 1.807) is 24.3 Å². The van der Waals surface area contributed by atoms with Gasteiger partial charge in [-0.2, -0.15) is 4.31 Å². The molecule has 0 radical (unpaired) electrons. The fourth-order valence-electron chi connectivity index (χ4n) is 2.22. The summed E-state index contributed by atoms with van der Waals surface area (Å²) < 4.78 is 27.1. The van der Waals surface area contributed by atoms with Crippen molar-refractivity contribution in [3.63, 3.8) is 0 Å². The van der Waals surface area contributed by atoms with E-state index >= 15 is 0 Å². The molecule has 0 aliphatic heterocycles. The maximum atomic E-state index is 12.8. The highest BCUT2D eigenvalue weighted by atomic mass is 35.5. The minimum absolute atomic E-state index is 0.253. The van der Waals surface area contributed by atoms with Gasteiger partial charge < -0.3 is 5.73 Å². The molecular weight excluding hydrogens is 310 g/mol. The van der Waals surface area contributed by atoms with Gasteiger partial charge in [0.25, 0.3) is 0 Å². The van der Waals surface area contributed by atoms with Gasteiger partial charge in [0.2, 0.25) is 10.0 Å². The number of aromatic nitrogens is 1. The van der Waals surface area contributed by atoms with E-state index in [0.717, 1.165) is 0 Å². The van der Waals surface area contributed by atoms with Crippen LogP contribution in [0.25, 0.3) is 10.8 Å². The molecule has 2 aromatic rings. The summed E-state index contributed by atoms with van der Waals surface area (Å²) in [5.74, 6) is 0. The van der Waals surface area contributed by atoms with Crippen LogP contribution < -0.4 is 5.73 Å². The average Bonchev–Trinajstić information content (AvgIpc) is 2.47. The van der Waals surface area contributed by atoms with E-state index < -0.39 is 10.0 Å². The van der Waals surface area contributed by atoms with Crippen LogP contribution in [0.5, 0.6) is 0 Å². The minimum atomic E-state index is -3.58. The molecule has 114 valence electrons. The molecule has 7 heteroatoms. The molecule has 2 rings (SSSR count). The standard InChI is InChI=1S/C14H18ClN3O2S/c1-2-18(10-4-8-16)21(19,20)13-6-3-5-12-11(13)7-9-17-14(12)15/h3,5-7,9H,2,4,8,10,16H2,1H3. The molecule has 5 nitrogen and oxygen atoms in total. The number of nitrogens with zero attached hydrogens (tertiary/aromatic N) is 2. The third-order valence-corrected chi connectivity index (χ3v) is 5.63. The summed E-state index contributed by atoms with van der Waals surface area (Å²) in [4.78, 5) is 4.24. The summed E-state index contributed by atoms with van der Waals surface area (Å²) in [6.45, 7) is 3.08. The highest BCUT2D eigenvalue weighted by Crippen LogP contribution is 2.28. The highest BCUT2D eigenvalue weighted by molar-refractivity contribution is 7.89. The number of benzene rings is 1. The van der Waals surface area contributed by atoms with Gasteiger partial charge in [0.1, 0.15) is 5.15 Å². The fraction of sp³-hybridized carbons (Fsp3) is 0.357. The molecule has 0 saturated carbocycles. The number of nitrogens with two attached hydrogens (primary N) is 1. The Balaban J connectivity index is 2.57. The van der Waals surface area contributed by atoms with Crippen LogP contribution in [0.3, 0.4) is 0 Å². The van der Waals surface area contributed by atoms with Crippen molar-refractivity contribution in [2.24, 2.45) is 5.73 Å². The quantitative estimate of drug-likeness (QED) is 0.826. The van der Waals surface area contributed by atoms with E-state index in [4.69, 9.17) is 17.3 Å². The van der Waals surface area contributed by atoms with E-state index in [1.165, 1.54) is 10.5 Å². The van der Waals surface area contributed by atoms with Crippen LogP contribution in [0.4, 0.5) is 0 Å². The predicted octanol–water partition coefficient (Wildman–Crippen LogP) is 2.25. The van der Waals surface area contributed by atoms with E-state index in [9.17, 15) is 8.42 Å². The smallest absolute Gasteiger partial charge is 0.243 e. The summed E-state index contributed by atoms with van der Waals surface area (Å²) in [7, 11) is -3.58. The summed E-state index contributed by atoms with van der Waals surface area (Å²) in [6.07, 6.45) is 2.14. The molecule has 0 amide bonds. The van der Waals surface area contributed by atoms with Crippen LogP contribution in [-0.2, 0) is 10.0 Å². The van der Waals surface area contributed by atoms with Crippen molar-refractivity contribution in [1.82, 2.24) is 9.29 Å². The Morgan fingerprint density at radius 1 is 1.29 bits per heavy atom. The number of fused-ring (bicyclic) bond motifs is 1. The van der Waals surface area contributed by atoms with Gasteiger partial charge >= 0.3 is 0 Å². The van der Waals surface area contributed by atoms with E-state index in [1.807, 2.05) is 6.92 Å². The molecule has 2 N–H and O–H groups in total. The minimum Gasteiger partial charge on any atom is -0.330 e. The molecule has 0 aliphatic rings. The molecule has 1 heterocycles. The second kappa shape index (κ2) is 6.70. The normalized spacial score (nSPS) is 12.2. The molecule has 0 aliphatic carbocycles. The lowest BCUT2D eigenvalue weighted by Gasteiger charge is -2.21. The van der Waals surface area contributed by atoms with E-state index in [2.05, 4.69) is 4.98 Å². The predicted molar refractivity (Wildman–Crippen MR) is 84.9 cm³/mol. The molecule has 0 bridgehead atoms. The molecular formula is C14H18ClN3O2S. The number of halogens is 1. The number of hydrogen-bond acceptors (Lipinski definition) is 4. The molecule has 1 aromatic carbocycles. The molecule has 1 aromatic heterocycles. The van der Waals surface area contributed by atoms with Gasteiger partial charge in [-0.1, -0.05) is 30.7 Å². The lowest BCUT2D eigenvalue weighted by molar-refractivity contribution is 0.423. The third kappa shape index (κ3) is 3.18. The first kappa shape index (κ1) is 16.2. The first-order chi connectivity index (χ1) is 10.0. The van der Waals surface area contributed by atoms with Crippen molar-refractivity contribution in [2.75, 3.05) is 19.6 Å². The Labute approximate surface area is 129 Å². The average molecular weight is 328 g/mol. The maximum absolute atomic E-state index is 12.8. The number of hydrogen-bond donors (Lipinski definition) is 1. The second-order valence-corrected chi connectivity index (χ2v) is 6.86. The van der Waals surface area contributed by atoms with Crippen LogP contribution in [-0.4, -0.2) is 37.3 Å². The first-order valence-electron chi connectivity index (χ1n) is 6.75. The summed E-state index contributed by atoms with van der Waals surface area (Å²) in [6, 6.07) is 6.71. The molecule has 0 fully saturated rings. The van der Waals surface area contributed by atoms with E-state index in [-0.39, 0.29) is 4.90 Å². The van der Waals surface area contributed by atoms with Crippen molar-refractivity contribution < 1.29 is 8.42 Å². The summed E-state index contributed by atoms with van der Waals surface area (Å²) >= 11 is 6.04. The third-order valence-electron chi connectivity index (χ3n) is 3.30. The number of pyridine rings is 1. The van der Waals surface area contributed by atoms with Gasteiger partial charge in [-0.3, -0.25) is 0 Å². The van der Waals surface area contributed by atoms with Crippen LogP contribution >= 0.6 is 11.6 Å². The van der Waals surface area contributed by atoms with Crippen molar-refractivity contribution in [2.45, 2.75) is 18.2 Å². The molecule has 0 spiro atoms. The maximum Gasteiger partial charge on any atom is 0.243 e. The van der Waals surface area contributed by atoms with Gasteiger partial charge in [0, 0.05) is 30.1 Å². The Kier molecular flexibility index (Phi) is 5.16.